The van der Waals surface area contributed by atoms with Crippen molar-refractivity contribution >= 4 is 5.91 Å². The summed E-state index contributed by atoms with van der Waals surface area (Å²) in [6.45, 7) is 3.71. The highest BCUT2D eigenvalue weighted by molar-refractivity contribution is 5.94. The van der Waals surface area contributed by atoms with Gasteiger partial charge in [-0.2, -0.15) is 0 Å². The van der Waals surface area contributed by atoms with Gasteiger partial charge in [0.25, 0.3) is 5.91 Å². The van der Waals surface area contributed by atoms with Gasteiger partial charge in [0.05, 0.1) is 12.1 Å². The van der Waals surface area contributed by atoms with E-state index in [1.807, 2.05) is 29.2 Å². The Kier molecular flexibility index (Phi) is 4.05. The minimum absolute atomic E-state index is 0.0994. The number of nitrogens with zero attached hydrogens (tertiary/aromatic N) is 2. The number of aromatic nitrogens is 1. The van der Waals surface area contributed by atoms with Crippen LogP contribution in [0.2, 0.25) is 0 Å². The lowest BCUT2D eigenvalue weighted by Gasteiger charge is -2.35. The molecular weight excluding hydrogens is 300 g/mol. The van der Waals surface area contributed by atoms with Crippen molar-refractivity contribution in [3.8, 4) is 5.75 Å². The number of hydrogen-bond donors (Lipinski definition) is 0. The van der Waals surface area contributed by atoms with E-state index in [-0.39, 0.29) is 11.9 Å². The highest BCUT2D eigenvalue weighted by atomic mass is 16.5. The molecule has 4 rings (SSSR count). The monoisotopic (exact) mass is 324 g/mol. The van der Waals surface area contributed by atoms with Crippen molar-refractivity contribution in [3.63, 3.8) is 0 Å². The van der Waals surface area contributed by atoms with E-state index in [0.717, 1.165) is 37.2 Å². The molecular formula is C20H24N2O2. The summed E-state index contributed by atoms with van der Waals surface area (Å²) in [6.07, 6.45) is 7.24. The number of amides is 1. The van der Waals surface area contributed by atoms with E-state index in [2.05, 4.69) is 29.8 Å². The molecule has 126 valence electrons. The van der Waals surface area contributed by atoms with Crippen LogP contribution in [0.15, 0.2) is 42.6 Å². The number of rotatable bonds is 3. The summed E-state index contributed by atoms with van der Waals surface area (Å²) in [6, 6.07) is 11.9. The maximum Gasteiger partial charge on any atom is 0.254 e. The van der Waals surface area contributed by atoms with Gasteiger partial charge in [0.2, 0.25) is 0 Å². The molecule has 2 aliphatic rings. The van der Waals surface area contributed by atoms with E-state index in [1.54, 1.807) is 0 Å². The fourth-order valence-electron chi connectivity index (χ4n) is 3.90. The first-order chi connectivity index (χ1) is 11.7. The van der Waals surface area contributed by atoms with Crippen LogP contribution in [0.4, 0.5) is 0 Å². The Hall–Kier alpha value is -2.23. The van der Waals surface area contributed by atoms with E-state index < -0.39 is 0 Å². The van der Waals surface area contributed by atoms with Gasteiger partial charge in [-0.15, -0.1) is 0 Å². The summed E-state index contributed by atoms with van der Waals surface area (Å²) in [5.41, 5.74) is 1.94. The van der Waals surface area contributed by atoms with E-state index in [4.69, 9.17) is 4.74 Å². The predicted octanol–water partition coefficient (Wildman–Crippen LogP) is 4.03. The van der Waals surface area contributed by atoms with Crippen molar-refractivity contribution < 1.29 is 9.53 Å². The van der Waals surface area contributed by atoms with Gasteiger partial charge in [0, 0.05) is 30.5 Å². The first kappa shape index (κ1) is 15.3. The van der Waals surface area contributed by atoms with Gasteiger partial charge >= 0.3 is 0 Å². The van der Waals surface area contributed by atoms with Crippen LogP contribution >= 0.6 is 0 Å². The molecule has 0 spiro atoms. The molecule has 0 N–H and O–H groups in total. The van der Waals surface area contributed by atoms with Gasteiger partial charge in [-0.25, -0.2) is 0 Å². The molecule has 0 saturated heterocycles. The zero-order valence-corrected chi connectivity index (χ0v) is 14.1. The molecule has 4 nitrogen and oxygen atoms in total. The minimum atomic E-state index is 0.0994. The molecule has 2 heterocycles. The van der Waals surface area contributed by atoms with Crippen molar-refractivity contribution in [1.82, 2.24) is 9.47 Å². The second kappa shape index (κ2) is 6.34. The minimum Gasteiger partial charge on any atom is -0.490 e. The van der Waals surface area contributed by atoms with E-state index in [9.17, 15) is 4.79 Å². The Labute approximate surface area is 143 Å². The van der Waals surface area contributed by atoms with E-state index >= 15 is 0 Å². The second-order valence-electron chi connectivity index (χ2n) is 6.85. The molecule has 4 heteroatoms. The SMILES string of the molecule is C[C@@H]1c2cccn2CCN1C(=O)c1ccc(OC2CCCC2)cc1. The molecule has 1 amide bonds. The molecule has 0 radical (unpaired) electrons. The summed E-state index contributed by atoms with van der Waals surface area (Å²) in [5.74, 6) is 0.974. The molecule has 1 aliphatic heterocycles. The number of carbonyl (C=O) groups is 1. The first-order valence-corrected chi connectivity index (χ1v) is 8.95. The third-order valence-corrected chi connectivity index (χ3v) is 5.31. The van der Waals surface area contributed by atoms with Crippen LogP contribution < -0.4 is 4.74 Å². The van der Waals surface area contributed by atoms with Gasteiger partial charge < -0.3 is 14.2 Å². The van der Waals surface area contributed by atoms with Crippen LogP contribution in [0.3, 0.4) is 0 Å². The molecule has 1 aliphatic carbocycles. The Balaban J connectivity index is 1.46. The van der Waals surface area contributed by atoms with Gasteiger partial charge in [-0.3, -0.25) is 4.79 Å². The summed E-state index contributed by atoms with van der Waals surface area (Å²) >= 11 is 0. The molecule has 0 unspecified atom stereocenters. The second-order valence-corrected chi connectivity index (χ2v) is 6.85. The molecule has 2 aromatic rings. The summed E-state index contributed by atoms with van der Waals surface area (Å²) < 4.78 is 8.21. The predicted molar refractivity (Wildman–Crippen MR) is 93.2 cm³/mol. The topological polar surface area (TPSA) is 34.5 Å². The maximum absolute atomic E-state index is 12.9. The number of ether oxygens (including phenoxy) is 1. The lowest BCUT2D eigenvalue weighted by molar-refractivity contribution is 0.0644. The third-order valence-electron chi connectivity index (χ3n) is 5.31. The molecule has 1 saturated carbocycles. The summed E-state index contributed by atoms with van der Waals surface area (Å²) in [5, 5.41) is 0. The van der Waals surface area contributed by atoms with Gasteiger partial charge in [0.15, 0.2) is 0 Å². The molecule has 24 heavy (non-hydrogen) atoms. The largest absolute Gasteiger partial charge is 0.490 e. The van der Waals surface area contributed by atoms with Crippen molar-refractivity contribution in [2.75, 3.05) is 6.54 Å². The van der Waals surface area contributed by atoms with E-state index in [1.165, 1.54) is 18.5 Å². The molecule has 1 aromatic carbocycles. The zero-order valence-electron chi connectivity index (χ0n) is 14.1. The fourth-order valence-corrected chi connectivity index (χ4v) is 3.90. The van der Waals surface area contributed by atoms with Gasteiger partial charge in [0.1, 0.15) is 5.75 Å². The molecule has 1 fully saturated rings. The quantitative estimate of drug-likeness (QED) is 0.854. The standard InChI is InChI=1S/C20H24N2O2/c1-15-19-7-4-12-21(19)13-14-22(15)20(23)16-8-10-18(11-9-16)24-17-5-2-3-6-17/h4,7-12,15,17H,2-3,5-6,13-14H2,1H3/t15-/m1/s1. The number of hydrogen-bond acceptors (Lipinski definition) is 2. The average molecular weight is 324 g/mol. The van der Waals surface area contributed by atoms with Crippen LogP contribution in [-0.4, -0.2) is 28.0 Å². The van der Waals surface area contributed by atoms with Crippen molar-refractivity contribution in [3.05, 3.63) is 53.9 Å². The number of carbonyl (C=O) groups excluding carboxylic acids is 1. The highest BCUT2D eigenvalue weighted by Crippen LogP contribution is 2.28. The van der Waals surface area contributed by atoms with Crippen LogP contribution in [0.5, 0.6) is 5.75 Å². The molecule has 1 aromatic heterocycles. The average Bonchev–Trinajstić information content (AvgIpc) is 3.27. The zero-order chi connectivity index (χ0) is 16.5. The molecule has 0 bridgehead atoms. The smallest absolute Gasteiger partial charge is 0.254 e. The first-order valence-electron chi connectivity index (χ1n) is 8.95. The van der Waals surface area contributed by atoms with Gasteiger partial charge in [-0.1, -0.05) is 0 Å². The summed E-state index contributed by atoms with van der Waals surface area (Å²) in [7, 11) is 0. The summed E-state index contributed by atoms with van der Waals surface area (Å²) in [4.78, 5) is 14.8. The van der Waals surface area contributed by atoms with Crippen LogP contribution in [0.25, 0.3) is 0 Å². The lowest BCUT2D eigenvalue weighted by Crippen LogP contribution is -2.40. The Bertz CT molecular complexity index is 713. The van der Waals surface area contributed by atoms with Crippen LogP contribution in [0, 0.1) is 0 Å². The lowest BCUT2D eigenvalue weighted by atomic mass is 10.1. The maximum atomic E-state index is 12.9. The Morgan fingerprint density at radius 2 is 1.83 bits per heavy atom. The Morgan fingerprint density at radius 1 is 1.08 bits per heavy atom. The van der Waals surface area contributed by atoms with Crippen molar-refractivity contribution in [2.24, 2.45) is 0 Å². The van der Waals surface area contributed by atoms with Crippen LogP contribution in [-0.2, 0) is 6.54 Å². The molecule has 1 atom stereocenters. The highest BCUT2D eigenvalue weighted by Gasteiger charge is 2.28. The van der Waals surface area contributed by atoms with Crippen molar-refractivity contribution in [1.29, 1.82) is 0 Å². The van der Waals surface area contributed by atoms with Gasteiger partial charge in [-0.05, 0) is 69.0 Å². The number of fused-ring (bicyclic) bond motifs is 1. The van der Waals surface area contributed by atoms with Crippen LogP contribution in [0.1, 0.15) is 54.7 Å². The van der Waals surface area contributed by atoms with E-state index in [0.29, 0.717) is 6.10 Å². The Morgan fingerprint density at radius 3 is 2.58 bits per heavy atom. The fraction of sp³-hybridized carbons (Fsp3) is 0.450. The normalized spacial score (nSPS) is 20.9. The van der Waals surface area contributed by atoms with Crippen molar-refractivity contribution in [2.45, 2.75) is 51.3 Å². The third kappa shape index (κ3) is 2.81. The number of benzene rings is 1.